The van der Waals surface area contributed by atoms with E-state index in [0.717, 1.165) is 73.0 Å². The molecule has 2 aromatic carbocycles. The van der Waals surface area contributed by atoms with Crippen LogP contribution in [-0.2, 0) is 4.79 Å². The number of rotatable bonds is 5. The number of para-hydroxylation sites is 1. The second kappa shape index (κ2) is 11.0. The van der Waals surface area contributed by atoms with Crippen LogP contribution in [0.2, 0.25) is 10.0 Å². The van der Waals surface area contributed by atoms with Crippen molar-refractivity contribution < 1.29 is 4.79 Å². The summed E-state index contributed by atoms with van der Waals surface area (Å²) in [4.78, 5) is 23.1. The monoisotopic (exact) mass is 559 g/mol. The van der Waals surface area contributed by atoms with E-state index in [1.54, 1.807) is 11.3 Å². The summed E-state index contributed by atoms with van der Waals surface area (Å²) in [5.41, 5.74) is 2.00. The van der Waals surface area contributed by atoms with E-state index >= 15 is 0 Å². The molecule has 0 saturated carbocycles. The molecule has 0 radical (unpaired) electrons. The van der Waals surface area contributed by atoms with E-state index in [9.17, 15) is 4.79 Å². The summed E-state index contributed by atoms with van der Waals surface area (Å²) in [6, 6.07) is 14.1. The molecule has 3 unspecified atom stereocenters. The Balaban J connectivity index is 1.18. The minimum Gasteiger partial charge on any atom is -0.369 e. The van der Waals surface area contributed by atoms with Crippen LogP contribution in [0.5, 0.6) is 0 Å². The molecule has 4 heterocycles. The summed E-state index contributed by atoms with van der Waals surface area (Å²) in [7, 11) is 0. The van der Waals surface area contributed by atoms with Gasteiger partial charge in [-0.2, -0.15) is 0 Å². The molecule has 6 rings (SSSR count). The number of nitrogens with one attached hydrogen (secondary N) is 4. The molecule has 3 aliphatic heterocycles. The predicted octanol–water partition coefficient (Wildman–Crippen LogP) is 3.18. The van der Waals surface area contributed by atoms with Crippen molar-refractivity contribution in [2.24, 2.45) is 0 Å². The van der Waals surface area contributed by atoms with Crippen molar-refractivity contribution in [1.29, 1.82) is 0 Å². The Kier molecular flexibility index (Phi) is 7.54. The van der Waals surface area contributed by atoms with Crippen LogP contribution >= 0.6 is 34.5 Å². The first kappa shape index (κ1) is 25.3. The van der Waals surface area contributed by atoms with Gasteiger partial charge in [-0.3, -0.25) is 20.3 Å². The summed E-state index contributed by atoms with van der Waals surface area (Å²) >= 11 is 13.9. The minimum atomic E-state index is -0.395. The highest BCUT2D eigenvalue weighted by atomic mass is 35.5. The molecule has 196 valence electrons. The van der Waals surface area contributed by atoms with Crippen molar-refractivity contribution in [2.75, 3.05) is 44.2 Å². The van der Waals surface area contributed by atoms with Gasteiger partial charge >= 0.3 is 0 Å². The van der Waals surface area contributed by atoms with E-state index in [0.29, 0.717) is 16.1 Å². The Morgan fingerprint density at radius 1 is 1.05 bits per heavy atom. The zero-order valence-electron chi connectivity index (χ0n) is 20.4. The average molecular weight is 561 g/mol. The lowest BCUT2D eigenvalue weighted by atomic mass is 10.00. The van der Waals surface area contributed by atoms with Gasteiger partial charge < -0.3 is 15.5 Å². The molecule has 8 nitrogen and oxygen atoms in total. The molecule has 1 aromatic heterocycles. The van der Waals surface area contributed by atoms with Gasteiger partial charge in [-0.1, -0.05) is 35.3 Å². The third kappa shape index (κ3) is 5.45. The lowest BCUT2D eigenvalue weighted by Crippen LogP contribution is -2.72. The molecule has 4 atom stereocenters. The number of thiazole rings is 1. The van der Waals surface area contributed by atoms with Gasteiger partial charge in [-0.25, -0.2) is 4.98 Å². The standard InChI is InChI=1S/C26H31Cl2N7OS/c27-18-8-7-17(14-19(18)28)34-10-12-35(13-11-34)26-32-23(30-16-4-3-9-29-15-16)22(24(36)33-26)25-31-20-5-1-2-6-21(20)37-25/h1-2,5-8,14,16,22-23,26,29-30,32H,3-4,9-13,15H2,(H,33,36)/t16-,22?,23?,26?/m1/s1. The molecule has 4 N–H and O–H groups in total. The second-order valence-electron chi connectivity index (χ2n) is 9.88. The van der Waals surface area contributed by atoms with Crippen molar-refractivity contribution in [2.45, 2.75) is 37.3 Å². The SMILES string of the molecule is O=C1NC(N2CCN(c3ccc(Cl)c(Cl)c3)CC2)NC(N[C@@H]2CCCNC2)C1c1nc2ccccc2s1. The summed E-state index contributed by atoms with van der Waals surface area (Å²) in [5, 5.41) is 16.2. The van der Waals surface area contributed by atoms with Crippen LogP contribution < -0.4 is 26.2 Å². The fourth-order valence-electron chi connectivity index (χ4n) is 5.47. The number of piperazine rings is 1. The Morgan fingerprint density at radius 2 is 1.89 bits per heavy atom. The molecular formula is C26H31Cl2N7OS. The number of halogens is 2. The number of nitrogens with zero attached hydrogens (tertiary/aromatic N) is 3. The fourth-order valence-corrected chi connectivity index (χ4v) is 6.87. The van der Waals surface area contributed by atoms with Crippen LogP contribution in [0, 0.1) is 0 Å². The molecule has 3 fully saturated rings. The highest BCUT2D eigenvalue weighted by molar-refractivity contribution is 7.18. The number of benzene rings is 2. The van der Waals surface area contributed by atoms with Crippen LogP contribution in [0.1, 0.15) is 23.8 Å². The zero-order chi connectivity index (χ0) is 25.4. The number of piperidine rings is 1. The highest BCUT2D eigenvalue weighted by Crippen LogP contribution is 2.32. The normalized spacial score (nSPS) is 27.4. The predicted molar refractivity (Wildman–Crippen MR) is 150 cm³/mol. The summed E-state index contributed by atoms with van der Waals surface area (Å²) in [5.74, 6) is -0.385. The molecule has 11 heteroatoms. The molecule has 0 bridgehead atoms. The van der Waals surface area contributed by atoms with Crippen molar-refractivity contribution in [3.8, 4) is 0 Å². The Morgan fingerprint density at radius 3 is 2.65 bits per heavy atom. The zero-order valence-corrected chi connectivity index (χ0v) is 22.8. The van der Waals surface area contributed by atoms with Gasteiger partial charge in [0.2, 0.25) is 5.91 Å². The van der Waals surface area contributed by atoms with E-state index in [-0.39, 0.29) is 18.4 Å². The number of hydrogen-bond acceptors (Lipinski definition) is 8. The van der Waals surface area contributed by atoms with Crippen LogP contribution in [0.3, 0.4) is 0 Å². The van der Waals surface area contributed by atoms with E-state index < -0.39 is 5.92 Å². The fraction of sp³-hybridized carbons (Fsp3) is 0.462. The highest BCUT2D eigenvalue weighted by Gasteiger charge is 2.42. The lowest BCUT2D eigenvalue weighted by molar-refractivity contribution is -0.129. The van der Waals surface area contributed by atoms with Gasteiger partial charge in [0, 0.05) is 44.5 Å². The van der Waals surface area contributed by atoms with E-state index in [2.05, 4.69) is 37.1 Å². The van der Waals surface area contributed by atoms with E-state index in [1.165, 1.54) is 0 Å². The maximum atomic E-state index is 13.6. The van der Waals surface area contributed by atoms with Crippen LogP contribution in [-0.4, -0.2) is 73.6 Å². The first-order chi connectivity index (χ1) is 18.0. The lowest BCUT2D eigenvalue weighted by Gasteiger charge is -2.46. The Labute approximate surface area is 230 Å². The molecule has 0 aliphatic carbocycles. The molecule has 3 aromatic rings. The number of fused-ring (bicyclic) bond motifs is 1. The Bertz CT molecular complexity index is 1230. The third-order valence-corrected chi connectivity index (χ3v) is 9.33. The smallest absolute Gasteiger partial charge is 0.235 e. The topological polar surface area (TPSA) is 84.6 Å². The molecule has 3 saturated heterocycles. The maximum Gasteiger partial charge on any atom is 0.235 e. The number of amides is 1. The minimum absolute atomic E-state index is 0.0102. The number of hydrogen-bond donors (Lipinski definition) is 4. The van der Waals surface area contributed by atoms with Gasteiger partial charge in [0.25, 0.3) is 0 Å². The van der Waals surface area contributed by atoms with Gasteiger partial charge in [0.15, 0.2) is 0 Å². The summed E-state index contributed by atoms with van der Waals surface area (Å²) in [6.45, 7) is 5.22. The number of aromatic nitrogens is 1. The Hall–Kier alpha value is -1.98. The van der Waals surface area contributed by atoms with Gasteiger partial charge in [0.1, 0.15) is 17.2 Å². The maximum absolute atomic E-state index is 13.6. The average Bonchev–Trinajstić information content (AvgIpc) is 3.34. The van der Waals surface area contributed by atoms with Crippen molar-refractivity contribution in [3.63, 3.8) is 0 Å². The number of carbonyl (C=O) groups excluding carboxylic acids is 1. The summed E-state index contributed by atoms with van der Waals surface area (Å²) in [6.07, 6.45) is 1.76. The molecular weight excluding hydrogens is 529 g/mol. The van der Waals surface area contributed by atoms with Crippen LogP contribution in [0.15, 0.2) is 42.5 Å². The third-order valence-electron chi connectivity index (χ3n) is 7.47. The molecule has 3 aliphatic rings. The van der Waals surface area contributed by atoms with Crippen LogP contribution in [0.4, 0.5) is 5.69 Å². The van der Waals surface area contributed by atoms with Crippen molar-refractivity contribution in [3.05, 3.63) is 57.5 Å². The van der Waals surface area contributed by atoms with Gasteiger partial charge in [-0.15, -0.1) is 11.3 Å². The molecule has 1 amide bonds. The number of anilines is 1. The van der Waals surface area contributed by atoms with Crippen molar-refractivity contribution in [1.82, 2.24) is 31.2 Å². The summed E-state index contributed by atoms with van der Waals surface area (Å²) < 4.78 is 1.10. The first-order valence-corrected chi connectivity index (χ1v) is 14.4. The first-order valence-electron chi connectivity index (χ1n) is 12.9. The number of carbonyl (C=O) groups is 1. The van der Waals surface area contributed by atoms with E-state index in [1.807, 2.05) is 36.4 Å². The van der Waals surface area contributed by atoms with Crippen molar-refractivity contribution >= 4 is 56.3 Å². The molecule has 0 spiro atoms. The van der Waals surface area contributed by atoms with E-state index in [4.69, 9.17) is 28.2 Å². The van der Waals surface area contributed by atoms with Gasteiger partial charge in [0.05, 0.1) is 26.4 Å². The van der Waals surface area contributed by atoms with Gasteiger partial charge in [-0.05, 0) is 49.7 Å². The largest absolute Gasteiger partial charge is 0.369 e. The van der Waals surface area contributed by atoms with Crippen LogP contribution in [0.25, 0.3) is 10.2 Å². The quantitative estimate of drug-likeness (QED) is 0.382. The molecule has 37 heavy (non-hydrogen) atoms. The second-order valence-corrected chi connectivity index (χ2v) is 11.8.